The lowest BCUT2D eigenvalue weighted by Crippen LogP contribution is -2.09. The van der Waals surface area contributed by atoms with E-state index in [1.807, 2.05) is 0 Å². The van der Waals surface area contributed by atoms with E-state index in [-0.39, 0.29) is 23.5 Å². The smallest absolute Gasteiger partial charge is 0.339 e. The monoisotopic (exact) mass is 154 g/mol. The fourth-order valence-corrected chi connectivity index (χ4v) is 0.786. The van der Waals surface area contributed by atoms with Crippen molar-refractivity contribution in [2.45, 2.75) is 6.42 Å². The summed E-state index contributed by atoms with van der Waals surface area (Å²) in [6.45, 7) is 0. The third kappa shape index (κ3) is 1.46. The van der Waals surface area contributed by atoms with E-state index in [9.17, 15) is 9.59 Å². The van der Waals surface area contributed by atoms with Crippen LogP contribution < -0.4 is 0 Å². The van der Waals surface area contributed by atoms with Crippen LogP contribution in [0.15, 0.2) is 23.5 Å². The maximum Gasteiger partial charge on any atom is 0.339 e. The number of allylic oxidation sites excluding steroid dienone is 2. The van der Waals surface area contributed by atoms with Gasteiger partial charge in [0, 0.05) is 0 Å². The predicted octanol–water partition coefficient (Wildman–Crippen LogP) is 0.412. The number of ketones is 1. The number of aliphatic hydroxyl groups is 1. The average Bonchev–Trinajstić information content (AvgIpc) is 1.85. The van der Waals surface area contributed by atoms with Crippen molar-refractivity contribution in [1.29, 1.82) is 0 Å². The molecule has 11 heavy (non-hydrogen) atoms. The van der Waals surface area contributed by atoms with Gasteiger partial charge >= 0.3 is 5.97 Å². The zero-order chi connectivity index (χ0) is 8.43. The van der Waals surface area contributed by atoms with Gasteiger partial charge in [-0.25, -0.2) is 4.79 Å². The second-order valence-electron chi connectivity index (χ2n) is 2.14. The molecule has 0 radical (unpaired) electrons. The van der Waals surface area contributed by atoms with Gasteiger partial charge in [-0.2, -0.15) is 0 Å². The van der Waals surface area contributed by atoms with Crippen LogP contribution >= 0.6 is 0 Å². The summed E-state index contributed by atoms with van der Waals surface area (Å²) in [6.07, 6.45) is 2.03. The molecule has 0 atom stereocenters. The first-order valence-corrected chi connectivity index (χ1v) is 2.97. The zero-order valence-electron chi connectivity index (χ0n) is 5.57. The first-order valence-electron chi connectivity index (χ1n) is 2.97. The number of carboxylic acid groups (broad SMARTS) is 1. The standard InChI is InChI=1S/C7H6O4/c8-4-1-2-5(7(10)11)6(9)3-4/h1-2,9H,3H2,(H,10,11). The molecule has 0 aliphatic heterocycles. The molecular weight excluding hydrogens is 148 g/mol. The number of carboxylic acids is 1. The Morgan fingerprint density at radius 3 is 2.55 bits per heavy atom. The van der Waals surface area contributed by atoms with Gasteiger partial charge in [0.2, 0.25) is 0 Å². The maximum atomic E-state index is 10.6. The molecule has 0 aromatic heterocycles. The Balaban J connectivity index is 2.97. The van der Waals surface area contributed by atoms with E-state index in [1.54, 1.807) is 0 Å². The van der Waals surface area contributed by atoms with Gasteiger partial charge in [-0.1, -0.05) is 0 Å². The molecule has 0 fully saturated rings. The average molecular weight is 154 g/mol. The highest BCUT2D eigenvalue weighted by Gasteiger charge is 2.17. The highest BCUT2D eigenvalue weighted by Crippen LogP contribution is 2.13. The number of aliphatic hydroxyl groups excluding tert-OH is 1. The van der Waals surface area contributed by atoms with Gasteiger partial charge in [0.05, 0.1) is 12.0 Å². The largest absolute Gasteiger partial charge is 0.511 e. The summed E-state index contributed by atoms with van der Waals surface area (Å²) < 4.78 is 0. The summed E-state index contributed by atoms with van der Waals surface area (Å²) in [4.78, 5) is 20.9. The van der Waals surface area contributed by atoms with Crippen LogP contribution in [0.25, 0.3) is 0 Å². The van der Waals surface area contributed by atoms with Crippen molar-refractivity contribution in [2.75, 3.05) is 0 Å². The molecular formula is C7H6O4. The summed E-state index contributed by atoms with van der Waals surface area (Å²) in [5, 5.41) is 17.4. The van der Waals surface area contributed by atoms with Crippen LogP contribution in [-0.4, -0.2) is 22.0 Å². The quantitative estimate of drug-likeness (QED) is 0.573. The second-order valence-corrected chi connectivity index (χ2v) is 2.14. The maximum absolute atomic E-state index is 10.6. The minimum atomic E-state index is -1.22. The van der Waals surface area contributed by atoms with E-state index < -0.39 is 5.97 Å². The topological polar surface area (TPSA) is 74.6 Å². The van der Waals surface area contributed by atoms with Gasteiger partial charge in [-0.05, 0) is 12.2 Å². The fourth-order valence-electron chi connectivity index (χ4n) is 0.786. The Labute approximate surface area is 62.5 Å². The van der Waals surface area contributed by atoms with Gasteiger partial charge in [-0.3, -0.25) is 4.79 Å². The highest BCUT2D eigenvalue weighted by atomic mass is 16.4. The minimum Gasteiger partial charge on any atom is -0.511 e. The summed E-state index contributed by atoms with van der Waals surface area (Å²) in [5.41, 5.74) is -0.204. The molecule has 0 amide bonds. The van der Waals surface area contributed by atoms with Crippen LogP contribution in [0.5, 0.6) is 0 Å². The van der Waals surface area contributed by atoms with Gasteiger partial charge < -0.3 is 10.2 Å². The zero-order valence-corrected chi connectivity index (χ0v) is 5.57. The minimum absolute atomic E-state index is 0.204. The van der Waals surface area contributed by atoms with Crippen molar-refractivity contribution in [3.05, 3.63) is 23.5 Å². The van der Waals surface area contributed by atoms with E-state index in [2.05, 4.69) is 0 Å². The Kier molecular flexibility index (Phi) is 1.76. The fraction of sp³-hybridized carbons (Fsp3) is 0.143. The van der Waals surface area contributed by atoms with Crippen LogP contribution in [0, 0.1) is 0 Å². The molecule has 0 saturated carbocycles. The van der Waals surface area contributed by atoms with Crippen LogP contribution in [0.3, 0.4) is 0 Å². The summed E-state index contributed by atoms with van der Waals surface area (Å²) >= 11 is 0. The van der Waals surface area contributed by atoms with Crippen LogP contribution in [-0.2, 0) is 9.59 Å². The molecule has 4 nitrogen and oxygen atoms in total. The molecule has 0 unspecified atom stereocenters. The molecule has 0 spiro atoms. The third-order valence-electron chi connectivity index (χ3n) is 1.32. The molecule has 58 valence electrons. The summed E-state index contributed by atoms with van der Waals surface area (Å²) in [5.74, 6) is -1.87. The Bertz CT molecular complexity index is 272. The molecule has 1 aliphatic carbocycles. The number of aliphatic carboxylic acids is 1. The molecule has 0 heterocycles. The normalized spacial score (nSPS) is 17.3. The molecule has 0 aromatic carbocycles. The predicted molar refractivity (Wildman–Crippen MR) is 36.1 cm³/mol. The van der Waals surface area contributed by atoms with Gasteiger partial charge in [0.1, 0.15) is 5.76 Å². The second kappa shape index (κ2) is 2.57. The first kappa shape index (κ1) is 7.53. The van der Waals surface area contributed by atoms with Gasteiger partial charge in [0.15, 0.2) is 5.78 Å². The van der Waals surface area contributed by atoms with Crippen molar-refractivity contribution < 1.29 is 19.8 Å². The molecule has 1 aliphatic rings. The van der Waals surface area contributed by atoms with E-state index in [0.29, 0.717) is 0 Å². The summed E-state index contributed by atoms with van der Waals surface area (Å²) in [7, 11) is 0. The van der Waals surface area contributed by atoms with E-state index >= 15 is 0 Å². The summed E-state index contributed by atoms with van der Waals surface area (Å²) in [6, 6.07) is 0. The SMILES string of the molecule is O=C1C=CC(C(=O)O)=C(O)C1. The Morgan fingerprint density at radius 1 is 1.45 bits per heavy atom. The third-order valence-corrected chi connectivity index (χ3v) is 1.32. The highest BCUT2D eigenvalue weighted by molar-refractivity contribution is 6.00. The molecule has 1 rings (SSSR count). The van der Waals surface area contributed by atoms with Gasteiger partial charge in [-0.15, -0.1) is 0 Å². The van der Waals surface area contributed by atoms with Crippen molar-refractivity contribution in [3.8, 4) is 0 Å². The van der Waals surface area contributed by atoms with Crippen LogP contribution in [0.2, 0.25) is 0 Å². The number of rotatable bonds is 1. The van der Waals surface area contributed by atoms with Crippen molar-refractivity contribution in [2.24, 2.45) is 0 Å². The lowest BCUT2D eigenvalue weighted by molar-refractivity contribution is -0.132. The van der Waals surface area contributed by atoms with E-state index in [4.69, 9.17) is 10.2 Å². The Hall–Kier alpha value is -1.58. The number of hydrogen-bond donors (Lipinski definition) is 2. The van der Waals surface area contributed by atoms with Crippen LogP contribution in [0.4, 0.5) is 0 Å². The molecule has 4 heteroatoms. The first-order chi connectivity index (χ1) is 5.11. The molecule has 0 aromatic rings. The van der Waals surface area contributed by atoms with Crippen molar-refractivity contribution in [3.63, 3.8) is 0 Å². The van der Waals surface area contributed by atoms with E-state index in [1.165, 1.54) is 0 Å². The lowest BCUT2D eigenvalue weighted by atomic mass is 10.0. The molecule has 2 N–H and O–H groups in total. The number of carbonyl (C=O) groups is 2. The molecule has 0 bridgehead atoms. The Morgan fingerprint density at radius 2 is 2.09 bits per heavy atom. The lowest BCUT2D eigenvalue weighted by Gasteiger charge is -2.04. The van der Waals surface area contributed by atoms with E-state index in [0.717, 1.165) is 12.2 Å². The van der Waals surface area contributed by atoms with Crippen molar-refractivity contribution >= 4 is 11.8 Å². The molecule has 0 saturated heterocycles. The van der Waals surface area contributed by atoms with Gasteiger partial charge in [0.25, 0.3) is 0 Å². The number of carbonyl (C=O) groups excluding carboxylic acids is 1. The van der Waals surface area contributed by atoms with Crippen LogP contribution in [0.1, 0.15) is 6.42 Å². The number of hydrogen-bond acceptors (Lipinski definition) is 3. The van der Waals surface area contributed by atoms with Crippen molar-refractivity contribution in [1.82, 2.24) is 0 Å².